The zero-order valence-corrected chi connectivity index (χ0v) is 13.9. The highest BCUT2D eigenvalue weighted by Gasteiger charge is 2.37. The van der Waals surface area contributed by atoms with Gasteiger partial charge in [0.25, 0.3) is 10.2 Å². The van der Waals surface area contributed by atoms with Crippen LogP contribution in [0.25, 0.3) is 0 Å². The maximum atomic E-state index is 12.6. The fourth-order valence-corrected chi connectivity index (χ4v) is 5.03. The topological polar surface area (TPSA) is 61.4 Å². The van der Waals surface area contributed by atoms with Crippen molar-refractivity contribution in [2.24, 2.45) is 5.41 Å². The van der Waals surface area contributed by atoms with Crippen molar-refractivity contribution < 1.29 is 8.42 Å². The first-order valence-electron chi connectivity index (χ1n) is 8.48. The monoisotopic (exact) mass is 315 g/mol. The summed E-state index contributed by atoms with van der Waals surface area (Å²) in [5, 5.41) is 3.49. The van der Waals surface area contributed by atoms with Gasteiger partial charge in [0.1, 0.15) is 0 Å². The normalized spacial score (nSPS) is 30.0. The van der Waals surface area contributed by atoms with E-state index in [4.69, 9.17) is 0 Å². The molecule has 0 radical (unpaired) electrons. The molecule has 1 atom stereocenters. The summed E-state index contributed by atoms with van der Waals surface area (Å²) in [5.41, 5.74) is 0.185. The number of piperidine rings is 1. The zero-order valence-electron chi connectivity index (χ0n) is 13.1. The van der Waals surface area contributed by atoms with Crippen molar-refractivity contribution in [1.29, 1.82) is 0 Å². The Morgan fingerprint density at radius 3 is 2.52 bits per heavy atom. The fraction of sp³-hybridized carbons (Fsp3) is 1.00. The summed E-state index contributed by atoms with van der Waals surface area (Å²) in [5.74, 6) is 0. The molecular weight excluding hydrogens is 286 g/mol. The molecule has 0 bridgehead atoms. The van der Waals surface area contributed by atoms with Crippen LogP contribution in [0.5, 0.6) is 0 Å². The standard InChI is InChI=1S/C15H29N3O2S/c1-15(8-4-9-15)12-17-21(19,20)18-10-3-2-5-14(18)11-16-13-6-7-13/h13-14,16-17H,2-12H2,1H3. The molecule has 0 spiro atoms. The molecule has 2 N–H and O–H groups in total. The van der Waals surface area contributed by atoms with Crippen LogP contribution in [-0.4, -0.2) is 44.4 Å². The Hall–Kier alpha value is -0.170. The predicted octanol–water partition coefficient (Wildman–Crippen LogP) is 1.62. The van der Waals surface area contributed by atoms with Gasteiger partial charge in [0, 0.05) is 31.7 Å². The minimum absolute atomic E-state index is 0.131. The molecule has 6 heteroatoms. The molecule has 122 valence electrons. The van der Waals surface area contributed by atoms with Crippen LogP contribution in [0.15, 0.2) is 0 Å². The van der Waals surface area contributed by atoms with Crippen LogP contribution in [0, 0.1) is 5.41 Å². The number of hydrogen-bond donors (Lipinski definition) is 2. The van der Waals surface area contributed by atoms with Gasteiger partial charge in [0.2, 0.25) is 0 Å². The van der Waals surface area contributed by atoms with E-state index in [2.05, 4.69) is 17.0 Å². The molecule has 1 unspecified atom stereocenters. The van der Waals surface area contributed by atoms with E-state index in [1.165, 1.54) is 19.3 Å². The predicted molar refractivity (Wildman–Crippen MR) is 84.3 cm³/mol. The van der Waals surface area contributed by atoms with Gasteiger partial charge in [-0.3, -0.25) is 0 Å². The second-order valence-electron chi connectivity index (χ2n) is 7.43. The molecule has 0 aromatic heterocycles. The first kappa shape index (κ1) is 15.7. The van der Waals surface area contributed by atoms with Gasteiger partial charge in [-0.1, -0.05) is 19.8 Å². The Bertz CT molecular complexity index is 458. The van der Waals surface area contributed by atoms with E-state index in [1.807, 2.05) is 0 Å². The molecule has 1 saturated heterocycles. The Morgan fingerprint density at radius 1 is 1.14 bits per heavy atom. The summed E-state index contributed by atoms with van der Waals surface area (Å²) in [6.07, 6.45) is 9.11. The molecule has 1 aliphatic heterocycles. The minimum atomic E-state index is -3.33. The van der Waals surface area contributed by atoms with Crippen LogP contribution in [0.3, 0.4) is 0 Å². The summed E-state index contributed by atoms with van der Waals surface area (Å²) in [7, 11) is -3.33. The van der Waals surface area contributed by atoms with E-state index < -0.39 is 10.2 Å². The van der Waals surface area contributed by atoms with Crippen LogP contribution >= 0.6 is 0 Å². The van der Waals surface area contributed by atoms with Gasteiger partial charge in [-0.2, -0.15) is 12.7 Å². The molecule has 5 nitrogen and oxygen atoms in total. The Morgan fingerprint density at radius 2 is 1.90 bits per heavy atom. The van der Waals surface area contributed by atoms with E-state index in [0.717, 1.165) is 38.6 Å². The third-order valence-electron chi connectivity index (χ3n) is 5.34. The lowest BCUT2D eigenvalue weighted by atomic mass is 9.71. The van der Waals surface area contributed by atoms with Crippen molar-refractivity contribution in [2.75, 3.05) is 19.6 Å². The highest BCUT2D eigenvalue weighted by molar-refractivity contribution is 7.87. The molecule has 0 aromatic carbocycles. The quantitative estimate of drug-likeness (QED) is 0.750. The molecule has 2 saturated carbocycles. The first-order chi connectivity index (χ1) is 9.99. The SMILES string of the molecule is CC1(CNS(=O)(=O)N2CCCCC2CNC2CC2)CCC1. The van der Waals surface area contributed by atoms with Crippen molar-refractivity contribution in [3.63, 3.8) is 0 Å². The molecule has 3 rings (SSSR count). The molecule has 2 aliphatic carbocycles. The summed E-state index contributed by atoms with van der Waals surface area (Å²) in [4.78, 5) is 0. The lowest BCUT2D eigenvalue weighted by Crippen LogP contribution is -2.54. The van der Waals surface area contributed by atoms with Gasteiger partial charge in [-0.15, -0.1) is 0 Å². The van der Waals surface area contributed by atoms with Gasteiger partial charge in [-0.25, -0.2) is 4.72 Å². The first-order valence-corrected chi connectivity index (χ1v) is 9.92. The Balaban J connectivity index is 1.57. The van der Waals surface area contributed by atoms with Gasteiger partial charge in [0.05, 0.1) is 0 Å². The molecule has 21 heavy (non-hydrogen) atoms. The smallest absolute Gasteiger partial charge is 0.279 e. The van der Waals surface area contributed by atoms with E-state index in [1.54, 1.807) is 4.31 Å². The van der Waals surface area contributed by atoms with E-state index in [-0.39, 0.29) is 11.5 Å². The van der Waals surface area contributed by atoms with Gasteiger partial charge >= 0.3 is 0 Å². The number of nitrogens with one attached hydrogen (secondary N) is 2. The second-order valence-corrected chi connectivity index (χ2v) is 9.14. The largest absolute Gasteiger partial charge is 0.312 e. The van der Waals surface area contributed by atoms with Gasteiger partial charge in [0.15, 0.2) is 0 Å². The van der Waals surface area contributed by atoms with E-state index in [0.29, 0.717) is 19.1 Å². The number of rotatable bonds is 7. The van der Waals surface area contributed by atoms with Crippen molar-refractivity contribution in [3.05, 3.63) is 0 Å². The Kier molecular flexibility index (Phi) is 4.60. The van der Waals surface area contributed by atoms with Crippen molar-refractivity contribution in [3.8, 4) is 0 Å². The third-order valence-corrected chi connectivity index (χ3v) is 6.95. The third kappa shape index (κ3) is 3.97. The van der Waals surface area contributed by atoms with Crippen LogP contribution in [0.2, 0.25) is 0 Å². The highest BCUT2D eigenvalue weighted by Crippen LogP contribution is 2.39. The average molecular weight is 315 g/mol. The van der Waals surface area contributed by atoms with Gasteiger partial charge < -0.3 is 5.32 Å². The maximum Gasteiger partial charge on any atom is 0.279 e. The molecular formula is C15H29N3O2S. The Labute approximate surface area is 129 Å². The summed E-state index contributed by atoms with van der Waals surface area (Å²) < 4.78 is 29.9. The summed E-state index contributed by atoms with van der Waals surface area (Å²) in [6.45, 7) is 4.25. The number of nitrogens with zero attached hydrogens (tertiary/aromatic N) is 1. The van der Waals surface area contributed by atoms with Crippen LogP contribution in [0.1, 0.15) is 58.3 Å². The highest BCUT2D eigenvalue weighted by atomic mass is 32.2. The van der Waals surface area contributed by atoms with E-state index in [9.17, 15) is 8.42 Å². The maximum absolute atomic E-state index is 12.6. The second kappa shape index (κ2) is 6.14. The summed E-state index contributed by atoms with van der Waals surface area (Å²) >= 11 is 0. The molecule has 3 fully saturated rings. The summed E-state index contributed by atoms with van der Waals surface area (Å²) in [6, 6.07) is 0.768. The van der Waals surface area contributed by atoms with Crippen molar-refractivity contribution in [2.45, 2.75) is 70.4 Å². The van der Waals surface area contributed by atoms with E-state index >= 15 is 0 Å². The molecule has 0 aromatic rings. The molecule has 1 heterocycles. The van der Waals surface area contributed by atoms with Crippen LogP contribution < -0.4 is 10.0 Å². The minimum Gasteiger partial charge on any atom is -0.312 e. The lowest BCUT2D eigenvalue weighted by Gasteiger charge is -2.40. The molecule has 0 amide bonds. The lowest BCUT2D eigenvalue weighted by molar-refractivity contribution is 0.163. The average Bonchev–Trinajstić information content (AvgIpc) is 3.25. The molecule has 3 aliphatic rings. The number of hydrogen-bond acceptors (Lipinski definition) is 3. The fourth-order valence-electron chi connectivity index (χ4n) is 3.39. The van der Waals surface area contributed by atoms with Crippen molar-refractivity contribution in [1.82, 2.24) is 14.3 Å². The van der Waals surface area contributed by atoms with Crippen LogP contribution in [0.4, 0.5) is 0 Å². The zero-order chi connectivity index (χ0) is 14.9. The van der Waals surface area contributed by atoms with Crippen molar-refractivity contribution >= 4 is 10.2 Å². The van der Waals surface area contributed by atoms with Gasteiger partial charge in [-0.05, 0) is 43.9 Å². The van der Waals surface area contributed by atoms with Crippen LogP contribution in [-0.2, 0) is 10.2 Å².